The number of halogens is 1. The Kier molecular flexibility index (Phi) is 4.73. The van der Waals surface area contributed by atoms with E-state index in [0.717, 1.165) is 12.2 Å². The Bertz CT molecular complexity index is 582. The van der Waals surface area contributed by atoms with Gasteiger partial charge in [-0.15, -0.1) is 0 Å². The van der Waals surface area contributed by atoms with Gasteiger partial charge in [-0.3, -0.25) is 0 Å². The molecular formula is C14H16FN3O2. The second-order valence-corrected chi connectivity index (χ2v) is 4.30. The molecule has 0 saturated heterocycles. The predicted molar refractivity (Wildman–Crippen MR) is 73.0 cm³/mol. The van der Waals surface area contributed by atoms with E-state index in [-0.39, 0.29) is 11.7 Å². The number of oxime groups is 1. The molecule has 0 unspecified atom stereocenters. The van der Waals surface area contributed by atoms with Crippen molar-refractivity contribution in [2.75, 3.05) is 6.54 Å². The summed E-state index contributed by atoms with van der Waals surface area (Å²) in [7, 11) is 0. The summed E-state index contributed by atoms with van der Waals surface area (Å²) in [6, 6.07) is 8.21. The number of nitrogens with zero attached hydrogens (tertiary/aromatic N) is 1. The quantitative estimate of drug-likeness (QED) is 0.247. The molecule has 0 aliphatic rings. The first-order valence-corrected chi connectivity index (χ1v) is 6.20. The lowest BCUT2D eigenvalue weighted by molar-refractivity contribution is 0.318. The summed E-state index contributed by atoms with van der Waals surface area (Å²) in [4.78, 5) is 0. The summed E-state index contributed by atoms with van der Waals surface area (Å²) in [5, 5.41) is 14.5. The van der Waals surface area contributed by atoms with Crippen LogP contribution in [0.4, 0.5) is 4.39 Å². The maximum Gasteiger partial charge on any atom is 0.170 e. The van der Waals surface area contributed by atoms with Crippen LogP contribution in [0.3, 0.4) is 0 Å². The zero-order valence-electron chi connectivity index (χ0n) is 10.8. The van der Waals surface area contributed by atoms with Crippen molar-refractivity contribution < 1.29 is 14.0 Å². The fourth-order valence-corrected chi connectivity index (χ4v) is 1.80. The standard InChI is InChI=1S/C14H16FN3O2/c15-13-8-10(14(16)18-19)3-4-11(13)9-17-6-5-12-2-1-7-20-12/h1-4,7-8,17,19H,5-6,9H2,(H2,16,18). The third-order valence-corrected chi connectivity index (χ3v) is 2.90. The zero-order chi connectivity index (χ0) is 14.4. The lowest BCUT2D eigenvalue weighted by Gasteiger charge is -2.07. The summed E-state index contributed by atoms with van der Waals surface area (Å²) >= 11 is 0. The van der Waals surface area contributed by atoms with Gasteiger partial charge in [0.1, 0.15) is 11.6 Å². The minimum Gasteiger partial charge on any atom is -0.469 e. The van der Waals surface area contributed by atoms with Crippen molar-refractivity contribution in [1.29, 1.82) is 0 Å². The van der Waals surface area contributed by atoms with Gasteiger partial charge < -0.3 is 20.7 Å². The predicted octanol–water partition coefficient (Wildman–Crippen LogP) is 1.85. The van der Waals surface area contributed by atoms with Gasteiger partial charge in [0.25, 0.3) is 0 Å². The van der Waals surface area contributed by atoms with Crippen LogP contribution in [0, 0.1) is 5.82 Å². The van der Waals surface area contributed by atoms with Gasteiger partial charge in [0.2, 0.25) is 0 Å². The maximum atomic E-state index is 13.8. The fourth-order valence-electron chi connectivity index (χ4n) is 1.80. The highest BCUT2D eigenvalue weighted by Gasteiger charge is 2.06. The van der Waals surface area contributed by atoms with E-state index in [1.165, 1.54) is 6.07 Å². The molecule has 1 aromatic heterocycles. The fraction of sp³-hybridized carbons (Fsp3) is 0.214. The molecule has 0 radical (unpaired) electrons. The molecular weight excluding hydrogens is 261 g/mol. The molecule has 0 amide bonds. The highest BCUT2D eigenvalue weighted by atomic mass is 19.1. The topological polar surface area (TPSA) is 83.8 Å². The van der Waals surface area contributed by atoms with Crippen molar-refractivity contribution in [1.82, 2.24) is 5.32 Å². The van der Waals surface area contributed by atoms with Crippen molar-refractivity contribution in [3.63, 3.8) is 0 Å². The second kappa shape index (κ2) is 6.72. The minimum absolute atomic E-state index is 0.110. The van der Waals surface area contributed by atoms with Gasteiger partial charge in [0.05, 0.1) is 6.26 Å². The van der Waals surface area contributed by atoms with Crippen LogP contribution in [-0.2, 0) is 13.0 Å². The van der Waals surface area contributed by atoms with Gasteiger partial charge in [-0.25, -0.2) is 4.39 Å². The molecule has 0 fully saturated rings. The SMILES string of the molecule is NC(=NO)c1ccc(CNCCc2ccco2)c(F)c1. The Morgan fingerprint density at radius 2 is 2.25 bits per heavy atom. The molecule has 1 heterocycles. The molecule has 4 N–H and O–H groups in total. The van der Waals surface area contributed by atoms with Gasteiger partial charge in [0.15, 0.2) is 5.84 Å². The molecule has 0 atom stereocenters. The highest BCUT2D eigenvalue weighted by molar-refractivity contribution is 5.97. The number of amidine groups is 1. The van der Waals surface area contributed by atoms with Crippen LogP contribution in [-0.4, -0.2) is 17.6 Å². The summed E-state index contributed by atoms with van der Waals surface area (Å²) in [5.41, 5.74) is 6.27. The van der Waals surface area contributed by atoms with Gasteiger partial charge in [-0.2, -0.15) is 0 Å². The largest absolute Gasteiger partial charge is 0.469 e. The third kappa shape index (κ3) is 3.58. The Balaban J connectivity index is 1.87. The van der Waals surface area contributed by atoms with E-state index in [1.54, 1.807) is 18.4 Å². The maximum absolute atomic E-state index is 13.8. The third-order valence-electron chi connectivity index (χ3n) is 2.90. The Morgan fingerprint density at radius 1 is 1.40 bits per heavy atom. The number of hydrogen-bond acceptors (Lipinski definition) is 4. The van der Waals surface area contributed by atoms with Crippen molar-refractivity contribution in [2.45, 2.75) is 13.0 Å². The number of rotatable bonds is 6. The number of furan rings is 1. The summed E-state index contributed by atoms with van der Waals surface area (Å²) in [6.45, 7) is 1.10. The number of benzene rings is 1. The van der Waals surface area contributed by atoms with Gasteiger partial charge >= 0.3 is 0 Å². The van der Waals surface area contributed by atoms with E-state index in [0.29, 0.717) is 24.2 Å². The van der Waals surface area contributed by atoms with Crippen molar-refractivity contribution in [2.24, 2.45) is 10.9 Å². The summed E-state index contributed by atoms with van der Waals surface area (Å²) < 4.78 is 19.0. The molecule has 1 aromatic carbocycles. The van der Waals surface area contributed by atoms with E-state index >= 15 is 0 Å². The van der Waals surface area contributed by atoms with Crippen molar-refractivity contribution >= 4 is 5.84 Å². The molecule has 2 rings (SSSR count). The van der Waals surface area contributed by atoms with Gasteiger partial charge in [-0.1, -0.05) is 17.3 Å². The van der Waals surface area contributed by atoms with Gasteiger partial charge in [-0.05, 0) is 18.2 Å². The van der Waals surface area contributed by atoms with Crippen LogP contribution >= 0.6 is 0 Å². The van der Waals surface area contributed by atoms with Crippen molar-refractivity contribution in [3.8, 4) is 0 Å². The first-order valence-electron chi connectivity index (χ1n) is 6.20. The van der Waals surface area contributed by atoms with Gasteiger partial charge in [0, 0.05) is 30.6 Å². The number of nitrogens with two attached hydrogens (primary N) is 1. The van der Waals surface area contributed by atoms with Crippen LogP contribution < -0.4 is 11.1 Å². The number of hydrogen-bond donors (Lipinski definition) is 3. The smallest absolute Gasteiger partial charge is 0.170 e. The minimum atomic E-state index is -0.389. The van der Waals surface area contributed by atoms with E-state index in [1.807, 2.05) is 12.1 Å². The lowest BCUT2D eigenvalue weighted by Crippen LogP contribution is -2.18. The van der Waals surface area contributed by atoms with Crippen LogP contribution in [0.5, 0.6) is 0 Å². The summed E-state index contributed by atoms with van der Waals surface area (Å²) in [6.07, 6.45) is 2.37. The zero-order valence-corrected chi connectivity index (χ0v) is 10.8. The van der Waals surface area contributed by atoms with E-state index < -0.39 is 0 Å². The molecule has 6 heteroatoms. The van der Waals surface area contributed by atoms with E-state index in [2.05, 4.69) is 10.5 Å². The molecule has 0 spiro atoms. The van der Waals surface area contributed by atoms with Crippen LogP contribution in [0.15, 0.2) is 46.2 Å². The average molecular weight is 277 g/mol. The van der Waals surface area contributed by atoms with Crippen molar-refractivity contribution in [3.05, 3.63) is 59.3 Å². The lowest BCUT2D eigenvalue weighted by atomic mass is 10.1. The molecule has 20 heavy (non-hydrogen) atoms. The Labute approximate surface area is 115 Å². The second-order valence-electron chi connectivity index (χ2n) is 4.30. The normalized spacial score (nSPS) is 11.8. The molecule has 0 saturated carbocycles. The average Bonchev–Trinajstić information content (AvgIpc) is 2.97. The van der Waals surface area contributed by atoms with E-state index in [4.69, 9.17) is 15.4 Å². The van der Waals surface area contributed by atoms with Crippen LogP contribution in [0.2, 0.25) is 0 Å². The van der Waals surface area contributed by atoms with E-state index in [9.17, 15) is 4.39 Å². The molecule has 0 bridgehead atoms. The first-order chi connectivity index (χ1) is 9.70. The molecule has 5 nitrogen and oxygen atoms in total. The molecule has 0 aliphatic heterocycles. The summed E-state index contributed by atoms with van der Waals surface area (Å²) in [5.74, 6) is 0.390. The molecule has 2 aromatic rings. The number of nitrogens with one attached hydrogen (secondary N) is 1. The first kappa shape index (κ1) is 14.1. The van der Waals surface area contributed by atoms with Crippen LogP contribution in [0.25, 0.3) is 0 Å². The monoisotopic (exact) mass is 277 g/mol. The highest BCUT2D eigenvalue weighted by Crippen LogP contribution is 2.10. The Morgan fingerprint density at radius 3 is 2.90 bits per heavy atom. The molecule has 0 aliphatic carbocycles. The molecule has 106 valence electrons. The van der Waals surface area contributed by atoms with Crippen LogP contribution in [0.1, 0.15) is 16.9 Å². The Hall–Kier alpha value is -2.34.